The molecule has 2 aromatic heterocycles. The van der Waals surface area contributed by atoms with E-state index in [1.165, 1.54) is 6.92 Å². The molecular formula is C20H16F3N3O. The molecule has 0 fully saturated rings. The number of fused-ring (bicyclic) bond motifs is 1. The van der Waals surface area contributed by atoms with E-state index in [4.69, 9.17) is 5.26 Å². The van der Waals surface area contributed by atoms with Crippen LogP contribution in [0, 0.1) is 18.3 Å². The predicted molar refractivity (Wildman–Crippen MR) is 95.9 cm³/mol. The number of nitriles is 1. The molecule has 7 heteroatoms. The molecule has 138 valence electrons. The summed E-state index contributed by atoms with van der Waals surface area (Å²) < 4.78 is 40.9. The van der Waals surface area contributed by atoms with E-state index in [-0.39, 0.29) is 17.9 Å². The Labute approximate surface area is 153 Å². The van der Waals surface area contributed by atoms with Crippen LogP contribution < -0.4 is 0 Å². The molecule has 0 saturated carbocycles. The average Bonchev–Trinajstić information content (AvgIpc) is 2.98. The second-order valence-corrected chi connectivity index (χ2v) is 6.34. The van der Waals surface area contributed by atoms with E-state index in [0.29, 0.717) is 27.7 Å². The minimum atomic E-state index is -4.42. The van der Waals surface area contributed by atoms with E-state index in [1.54, 1.807) is 42.1 Å². The van der Waals surface area contributed by atoms with Crippen molar-refractivity contribution in [1.82, 2.24) is 9.55 Å². The maximum atomic E-state index is 13.1. The molecule has 0 aliphatic rings. The molecular weight excluding hydrogens is 355 g/mol. The Balaban J connectivity index is 2.12. The van der Waals surface area contributed by atoms with Crippen molar-refractivity contribution in [1.29, 1.82) is 5.26 Å². The predicted octanol–water partition coefficient (Wildman–Crippen LogP) is 5.22. The van der Waals surface area contributed by atoms with E-state index < -0.39 is 11.7 Å². The first-order valence-corrected chi connectivity index (χ1v) is 8.12. The molecule has 3 aromatic rings. The topological polar surface area (TPSA) is 61.8 Å². The molecule has 1 aromatic carbocycles. The van der Waals surface area contributed by atoms with Crippen LogP contribution in [0.15, 0.2) is 48.3 Å². The molecule has 0 radical (unpaired) electrons. The lowest BCUT2D eigenvalue weighted by atomic mass is 10.1. The van der Waals surface area contributed by atoms with Crippen LogP contribution in [0.25, 0.3) is 16.8 Å². The van der Waals surface area contributed by atoms with E-state index in [1.807, 2.05) is 6.07 Å². The van der Waals surface area contributed by atoms with Crippen LogP contribution >= 0.6 is 0 Å². The van der Waals surface area contributed by atoms with Gasteiger partial charge in [0.15, 0.2) is 0 Å². The van der Waals surface area contributed by atoms with E-state index in [2.05, 4.69) is 4.98 Å². The molecule has 0 spiro atoms. The number of aliphatic hydroxyl groups is 1. The van der Waals surface area contributed by atoms with Gasteiger partial charge in [0.2, 0.25) is 0 Å². The second-order valence-electron chi connectivity index (χ2n) is 6.34. The number of pyridine rings is 1. The number of nitrogens with zero attached hydrogens (tertiary/aromatic N) is 3. The lowest BCUT2D eigenvalue weighted by Gasteiger charge is -2.11. The molecule has 0 amide bonds. The van der Waals surface area contributed by atoms with Gasteiger partial charge in [-0.2, -0.15) is 18.4 Å². The third-order valence-corrected chi connectivity index (χ3v) is 4.23. The number of hydrogen-bond acceptors (Lipinski definition) is 3. The van der Waals surface area contributed by atoms with Gasteiger partial charge in [-0.3, -0.25) is 0 Å². The maximum Gasteiger partial charge on any atom is 0.416 e. The Kier molecular flexibility index (Phi) is 4.66. The number of alkyl halides is 3. The summed E-state index contributed by atoms with van der Waals surface area (Å²) in [5, 5.41) is 20.0. The fraction of sp³-hybridized carbons (Fsp3) is 0.200. The smallest absolute Gasteiger partial charge is 0.416 e. The van der Waals surface area contributed by atoms with Crippen molar-refractivity contribution < 1.29 is 18.3 Å². The summed E-state index contributed by atoms with van der Waals surface area (Å²) in [5.74, 6) is -0.172. The molecule has 0 aliphatic carbocycles. The normalized spacial score (nSPS) is 12.7. The molecule has 0 atom stereocenters. The van der Waals surface area contributed by atoms with Crippen molar-refractivity contribution in [2.24, 2.45) is 0 Å². The average molecular weight is 371 g/mol. The summed E-state index contributed by atoms with van der Waals surface area (Å²) in [4.78, 5) is 4.28. The number of allylic oxidation sites excluding steroid dienone is 1. The van der Waals surface area contributed by atoms with Crippen LogP contribution in [-0.4, -0.2) is 14.7 Å². The van der Waals surface area contributed by atoms with Crippen molar-refractivity contribution in [3.05, 3.63) is 70.6 Å². The lowest BCUT2D eigenvalue weighted by Crippen LogP contribution is -2.07. The van der Waals surface area contributed by atoms with Crippen LogP contribution in [0.3, 0.4) is 0 Å². The zero-order valence-electron chi connectivity index (χ0n) is 14.7. The first kappa shape index (κ1) is 18.5. The number of aliphatic hydroxyl groups excluding tert-OH is 1. The minimum Gasteiger partial charge on any atom is -0.506 e. The van der Waals surface area contributed by atoms with Crippen LogP contribution in [0.5, 0.6) is 0 Å². The van der Waals surface area contributed by atoms with E-state index in [0.717, 1.165) is 12.1 Å². The zero-order valence-corrected chi connectivity index (χ0v) is 14.7. The number of rotatable bonds is 3. The Morgan fingerprint density at radius 3 is 2.70 bits per heavy atom. The Hall–Kier alpha value is -3.27. The van der Waals surface area contributed by atoms with Gasteiger partial charge in [0.05, 0.1) is 17.2 Å². The Morgan fingerprint density at radius 2 is 2.04 bits per heavy atom. The molecule has 3 rings (SSSR count). The highest BCUT2D eigenvalue weighted by Crippen LogP contribution is 2.32. The van der Waals surface area contributed by atoms with Gasteiger partial charge >= 0.3 is 6.18 Å². The summed E-state index contributed by atoms with van der Waals surface area (Å²) in [7, 11) is 0. The monoisotopic (exact) mass is 371 g/mol. The summed E-state index contributed by atoms with van der Waals surface area (Å²) in [5.41, 5.74) is 1.35. The molecule has 1 N–H and O–H groups in total. The molecule has 4 nitrogen and oxygen atoms in total. The van der Waals surface area contributed by atoms with Gasteiger partial charge in [-0.1, -0.05) is 11.6 Å². The first-order valence-electron chi connectivity index (χ1n) is 8.12. The third kappa shape index (κ3) is 3.65. The van der Waals surface area contributed by atoms with Crippen LogP contribution in [0.4, 0.5) is 13.2 Å². The second kappa shape index (κ2) is 6.80. The number of aryl methyl sites for hydroxylation is 1. The van der Waals surface area contributed by atoms with Gasteiger partial charge in [-0.05, 0) is 43.7 Å². The van der Waals surface area contributed by atoms with Crippen molar-refractivity contribution in [3.63, 3.8) is 0 Å². The highest BCUT2D eigenvalue weighted by molar-refractivity contribution is 5.90. The quantitative estimate of drug-likeness (QED) is 0.507. The van der Waals surface area contributed by atoms with Gasteiger partial charge in [-0.25, -0.2) is 4.98 Å². The molecule has 2 heterocycles. The van der Waals surface area contributed by atoms with Gasteiger partial charge < -0.3 is 9.67 Å². The molecule has 0 unspecified atom stereocenters. The Morgan fingerprint density at radius 1 is 1.30 bits per heavy atom. The number of benzene rings is 1. The van der Waals surface area contributed by atoms with Crippen molar-refractivity contribution in [2.45, 2.75) is 26.6 Å². The number of aromatic nitrogens is 2. The maximum absolute atomic E-state index is 13.1. The van der Waals surface area contributed by atoms with Gasteiger partial charge in [0.25, 0.3) is 0 Å². The standard InChI is InChI=1S/C20H16F3N3O/c1-12-6-14(8-15(7-12)20(21,22)23)10-26-11-17(18(27)13(2)9-24)16-4-3-5-25-19(16)26/h3-8,11,27H,10H2,1-2H3/b18-13+. The highest BCUT2D eigenvalue weighted by Gasteiger charge is 2.31. The molecule has 0 bridgehead atoms. The first-order chi connectivity index (χ1) is 12.7. The van der Waals surface area contributed by atoms with Crippen LogP contribution in [0.2, 0.25) is 0 Å². The number of halogens is 3. The summed E-state index contributed by atoms with van der Waals surface area (Å²) >= 11 is 0. The lowest BCUT2D eigenvalue weighted by molar-refractivity contribution is -0.137. The highest BCUT2D eigenvalue weighted by atomic mass is 19.4. The summed E-state index contributed by atoms with van der Waals surface area (Å²) in [6.07, 6.45) is -1.25. The zero-order chi connectivity index (χ0) is 19.8. The minimum absolute atomic E-state index is 0.146. The molecule has 0 saturated heterocycles. The fourth-order valence-corrected chi connectivity index (χ4v) is 3.00. The van der Waals surface area contributed by atoms with Crippen LogP contribution in [-0.2, 0) is 12.7 Å². The third-order valence-electron chi connectivity index (χ3n) is 4.23. The largest absolute Gasteiger partial charge is 0.506 e. The Bertz CT molecular complexity index is 1090. The SMILES string of the molecule is C/C(C#N)=C(\O)c1cn(Cc2cc(C)cc(C(F)(F)F)c2)c2ncccc12. The van der Waals surface area contributed by atoms with E-state index in [9.17, 15) is 18.3 Å². The van der Waals surface area contributed by atoms with Crippen molar-refractivity contribution in [2.75, 3.05) is 0 Å². The van der Waals surface area contributed by atoms with Gasteiger partial charge in [0, 0.05) is 29.9 Å². The van der Waals surface area contributed by atoms with E-state index >= 15 is 0 Å². The molecule has 0 aliphatic heterocycles. The number of hydrogen-bond donors (Lipinski definition) is 1. The summed E-state index contributed by atoms with van der Waals surface area (Å²) in [6, 6.07) is 9.22. The van der Waals surface area contributed by atoms with Gasteiger partial charge in [0.1, 0.15) is 11.4 Å². The van der Waals surface area contributed by atoms with Crippen LogP contribution in [0.1, 0.15) is 29.2 Å². The van der Waals surface area contributed by atoms with Gasteiger partial charge in [-0.15, -0.1) is 0 Å². The molecule has 27 heavy (non-hydrogen) atoms. The van der Waals surface area contributed by atoms with Crippen molar-refractivity contribution >= 4 is 16.8 Å². The van der Waals surface area contributed by atoms with Crippen molar-refractivity contribution in [3.8, 4) is 6.07 Å². The summed E-state index contributed by atoms with van der Waals surface area (Å²) in [6.45, 7) is 3.25. The fourth-order valence-electron chi connectivity index (χ4n) is 3.00.